The van der Waals surface area contributed by atoms with Crippen LogP contribution in [0.5, 0.6) is 0 Å². The van der Waals surface area contributed by atoms with Gasteiger partial charge in [0.2, 0.25) is 0 Å². The quantitative estimate of drug-likeness (QED) is 0.585. The van der Waals surface area contributed by atoms with Crippen molar-refractivity contribution in [2.45, 2.75) is 71.8 Å². The van der Waals surface area contributed by atoms with Gasteiger partial charge in [0.15, 0.2) is 0 Å². The van der Waals surface area contributed by atoms with Gasteiger partial charge in [-0.25, -0.2) is 0 Å². The number of rotatable bonds is 9. The Balaban J connectivity index is 4.81. The molecule has 0 aliphatic rings. The predicted octanol–water partition coefficient (Wildman–Crippen LogP) is 4.54. The van der Waals surface area contributed by atoms with Gasteiger partial charge in [-0.3, -0.25) is 0 Å². The fraction of sp³-hybridized carbons (Fsp3) is 1.00. The summed E-state index contributed by atoms with van der Waals surface area (Å²) in [5, 5.41) is 0.401. The van der Waals surface area contributed by atoms with Crippen LogP contribution in [0.1, 0.15) is 41.5 Å². The van der Waals surface area contributed by atoms with Gasteiger partial charge in [-0.1, -0.05) is 39.9 Å². The Hall–Kier alpha value is 0.314. The molecule has 0 saturated carbocycles. The molecule has 0 aromatic carbocycles. The van der Waals surface area contributed by atoms with Crippen molar-refractivity contribution in [2.24, 2.45) is 0 Å². The molecule has 0 amide bonds. The van der Waals surface area contributed by atoms with Gasteiger partial charge < -0.3 is 13.3 Å². The van der Waals surface area contributed by atoms with Gasteiger partial charge in [-0.05, 0) is 25.8 Å². The van der Waals surface area contributed by atoms with E-state index in [9.17, 15) is 0 Å². The largest absolute Gasteiger partial charge is 0.500 e. The summed E-state index contributed by atoms with van der Waals surface area (Å²) in [7, 11) is -3.76. The first-order valence-corrected chi connectivity index (χ1v) is 12.7. The highest BCUT2D eigenvalue weighted by atomic mass is 28.4. The van der Waals surface area contributed by atoms with Crippen LogP contribution in [0.2, 0.25) is 30.2 Å². The highest BCUT2D eigenvalue weighted by Crippen LogP contribution is 2.40. The lowest BCUT2D eigenvalue weighted by atomic mass is 10.2. The van der Waals surface area contributed by atoms with E-state index in [4.69, 9.17) is 13.3 Å². The number of hydrogen-bond acceptors (Lipinski definition) is 3. The van der Waals surface area contributed by atoms with Crippen molar-refractivity contribution in [3.05, 3.63) is 0 Å². The SMILES string of the molecule is CCO[Si](CC[Si](C)(C)C(C)(C)C)(OCC)OCC. The zero-order valence-corrected chi connectivity index (χ0v) is 16.3. The van der Waals surface area contributed by atoms with Gasteiger partial charge in [-0.2, -0.15) is 0 Å². The molecule has 0 aromatic rings. The molecule has 116 valence electrons. The Morgan fingerprint density at radius 3 is 1.37 bits per heavy atom. The Labute approximate surface area is 122 Å². The molecule has 0 atom stereocenters. The Morgan fingerprint density at radius 1 is 0.737 bits per heavy atom. The molecule has 0 aliphatic heterocycles. The Kier molecular flexibility index (Phi) is 8.06. The van der Waals surface area contributed by atoms with Crippen molar-refractivity contribution < 1.29 is 13.3 Å². The fourth-order valence-electron chi connectivity index (χ4n) is 1.84. The fourth-order valence-corrected chi connectivity index (χ4v) is 8.32. The van der Waals surface area contributed by atoms with Crippen LogP contribution in [-0.2, 0) is 13.3 Å². The van der Waals surface area contributed by atoms with Gasteiger partial charge in [0.05, 0.1) is 8.07 Å². The minimum Gasteiger partial charge on any atom is -0.374 e. The van der Waals surface area contributed by atoms with Crippen LogP contribution >= 0.6 is 0 Å². The van der Waals surface area contributed by atoms with E-state index < -0.39 is 16.9 Å². The van der Waals surface area contributed by atoms with E-state index in [0.29, 0.717) is 24.9 Å². The average molecular weight is 307 g/mol. The molecule has 5 heteroatoms. The van der Waals surface area contributed by atoms with Gasteiger partial charge in [0, 0.05) is 25.9 Å². The second-order valence-electron chi connectivity index (χ2n) is 6.62. The third-order valence-corrected chi connectivity index (χ3v) is 13.3. The normalized spacial score (nSPS) is 13.9. The van der Waals surface area contributed by atoms with Crippen LogP contribution in [0.3, 0.4) is 0 Å². The molecule has 19 heavy (non-hydrogen) atoms. The molecule has 0 aromatic heterocycles. The number of hydrogen-bond donors (Lipinski definition) is 0. The molecular formula is C14H34O3Si2. The first kappa shape index (κ1) is 19.3. The summed E-state index contributed by atoms with van der Waals surface area (Å²) in [5.41, 5.74) is 0. The van der Waals surface area contributed by atoms with Crippen molar-refractivity contribution in [1.82, 2.24) is 0 Å². The molecule has 0 bridgehead atoms. The summed E-state index contributed by atoms with van der Waals surface area (Å²) in [5.74, 6) is 0. The smallest absolute Gasteiger partial charge is 0.374 e. The molecule has 0 radical (unpaired) electrons. The predicted molar refractivity (Wildman–Crippen MR) is 87.4 cm³/mol. The molecule has 0 saturated heterocycles. The van der Waals surface area contributed by atoms with Crippen LogP contribution in [0.15, 0.2) is 0 Å². The van der Waals surface area contributed by atoms with E-state index in [2.05, 4.69) is 33.9 Å². The Morgan fingerprint density at radius 2 is 1.11 bits per heavy atom. The summed E-state index contributed by atoms with van der Waals surface area (Å²) >= 11 is 0. The molecule has 3 nitrogen and oxygen atoms in total. The Bertz CT molecular complexity index is 233. The van der Waals surface area contributed by atoms with E-state index in [1.54, 1.807) is 0 Å². The first-order valence-electron chi connectivity index (χ1n) is 7.56. The molecule has 0 spiro atoms. The summed E-state index contributed by atoms with van der Waals surface area (Å²) < 4.78 is 17.8. The summed E-state index contributed by atoms with van der Waals surface area (Å²) in [6.07, 6.45) is 0. The summed E-state index contributed by atoms with van der Waals surface area (Å²) in [6, 6.07) is 2.15. The molecule has 0 N–H and O–H groups in total. The van der Waals surface area contributed by atoms with E-state index in [1.165, 1.54) is 6.04 Å². The minimum absolute atomic E-state index is 0.401. The summed E-state index contributed by atoms with van der Waals surface area (Å²) in [4.78, 5) is 0. The van der Waals surface area contributed by atoms with E-state index in [1.807, 2.05) is 20.8 Å². The maximum atomic E-state index is 5.94. The maximum Gasteiger partial charge on any atom is 0.500 e. The molecule has 0 fully saturated rings. The molecule has 0 rings (SSSR count). The minimum atomic E-state index is -2.45. The van der Waals surface area contributed by atoms with Crippen LogP contribution in [0, 0.1) is 0 Å². The van der Waals surface area contributed by atoms with E-state index in [0.717, 1.165) is 6.04 Å². The van der Waals surface area contributed by atoms with Gasteiger partial charge in [0.1, 0.15) is 0 Å². The van der Waals surface area contributed by atoms with Gasteiger partial charge in [0.25, 0.3) is 0 Å². The van der Waals surface area contributed by atoms with Gasteiger partial charge in [-0.15, -0.1) is 0 Å². The van der Waals surface area contributed by atoms with Crippen LogP contribution in [0.25, 0.3) is 0 Å². The standard InChI is InChI=1S/C14H34O3Si2/c1-9-15-19(16-10-2,17-11-3)13-12-18(7,8)14(4,5)6/h9-13H2,1-8H3. The maximum absolute atomic E-state index is 5.94. The third-order valence-electron chi connectivity index (χ3n) is 4.18. The van der Waals surface area contributed by atoms with E-state index in [-0.39, 0.29) is 0 Å². The highest BCUT2D eigenvalue weighted by molar-refractivity contribution is 6.81. The second-order valence-corrected chi connectivity index (χ2v) is 15.1. The van der Waals surface area contributed by atoms with Crippen molar-refractivity contribution in [2.75, 3.05) is 19.8 Å². The first-order chi connectivity index (χ1) is 8.64. The lowest BCUT2D eigenvalue weighted by Gasteiger charge is -2.39. The van der Waals surface area contributed by atoms with Gasteiger partial charge >= 0.3 is 8.80 Å². The monoisotopic (exact) mass is 306 g/mol. The lowest BCUT2D eigenvalue weighted by molar-refractivity contribution is 0.0724. The average Bonchev–Trinajstić information content (AvgIpc) is 2.26. The molecule has 0 heterocycles. The highest BCUT2D eigenvalue weighted by Gasteiger charge is 2.44. The zero-order valence-electron chi connectivity index (χ0n) is 14.3. The van der Waals surface area contributed by atoms with Crippen molar-refractivity contribution in [1.29, 1.82) is 0 Å². The molecule has 0 unspecified atom stereocenters. The van der Waals surface area contributed by atoms with E-state index >= 15 is 0 Å². The van der Waals surface area contributed by atoms with Crippen molar-refractivity contribution in [3.8, 4) is 0 Å². The van der Waals surface area contributed by atoms with Crippen LogP contribution < -0.4 is 0 Å². The summed E-state index contributed by atoms with van der Waals surface area (Å²) in [6.45, 7) is 20.0. The van der Waals surface area contributed by atoms with Crippen LogP contribution in [0.4, 0.5) is 0 Å². The third kappa shape index (κ3) is 6.08. The zero-order chi connectivity index (χ0) is 15.2. The van der Waals surface area contributed by atoms with Crippen LogP contribution in [-0.4, -0.2) is 36.7 Å². The molecule has 0 aliphatic carbocycles. The second kappa shape index (κ2) is 7.93. The molecular weight excluding hydrogens is 272 g/mol. The van der Waals surface area contributed by atoms with Crippen molar-refractivity contribution in [3.63, 3.8) is 0 Å². The lowest BCUT2D eigenvalue weighted by Crippen LogP contribution is -2.48. The van der Waals surface area contributed by atoms with Crippen molar-refractivity contribution >= 4 is 16.9 Å². The topological polar surface area (TPSA) is 27.7 Å².